The van der Waals surface area contributed by atoms with E-state index in [1.165, 1.54) is 0 Å². The van der Waals surface area contributed by atoms with Crippen LogP contribution in [0.25, 0.3) is 5.65 Å². The van der Waals surface area contributed by atoms with Crippen molar-refractivity contribution in [3.8, 4) is 0 Å². The average Bonchev–Trinajstić information content (AvgIpc) is 2.82. The number of pyridine rings is 1. The number of ether oxygens (including phenoxy) is 1. The lowest BCUT2D eigenvalue weighted by molar-refractivity contribution is 0.0836. The van der Waals surface area contributed by atoms with E-state index in [-0.39, 0.29) is 0 Å². The molecule has 3 heterocycles. The molecule has 1 saturated heterocycles. The highest BCUT2D eigenvalue weighted by molar-refractivity contribution is 5.76. The molecule has 0 radical (unpaired) electrons. The van der Waals surface area contributed by atoms with Crippen LogP contribution in [0.1, 0.15) is 34.9 Å². The lowest BCUT2D eigenvalue weighted by atomic mass is 10.00. The van der Waals surface area contributed by atoms with E-state index in [0.29, 0.717) is 11.5 Å². The van der Waals surface area contributed by atoms with Gasteiger partial charge in [0.25, 0.3) is 0 Å². The Kier molecular flexibility index (Phi) is 2.60. The number of hydrogen-bond donors (Lipinski definition) is 0. The second-order valence-electron chi connectivity index (χ2n) is 4.24. The first-order valence-corrected chi connectivity index (χ1v) is 5.76. The van der Waals surface area contributed by atoms with E-state index in [4.69, 9.17) is 4.74 Å². The van der Waals surface area contributed by atoms with E-state index in [1.807, 2.05) is 0 Å². The van der Waals surface area contributed by atoms with Crippen molar-refractivity contribution in [2.24, 2.45) is 0 Å². The summed E-state index contributed by atoms with van der Waals surface area (Å²) < 4.78 is 7.04. The highest BCUT2D eigenvalue weighted by atomic mass is 16.5. The summed E-state index contributed by atoms with van der Waals surface area (Å²) in [5.41, 5.74) is 1.36. The third-order valence-electron chi connectivity index (χ3n) is 3.10. The van der Waals surface area contributed by atoms with Crippen molar-refractivity contribution >= 4 is 11.9 Å². The fourth-order valence-corrected chi connectivity index (χ4v) is 2.12. The first-order valence-electron chi connectivity index (χ1n) is 5.76. The van der Waals surface area contributed by atoms with E-state index >= 15 is 0 Å². The Labute approximate surface area is 98.4 Å². The molecule has 2 aromatic rings. The van der Waals surface area contributed by atoms with Crippen molar-refractivity contribution in [3.05, 3.63) is 29.7 Å². The van der Waals surface area contributed by atoms with Gasteiger partial charge < -0.3 is 4.74 Å². The SMILES string of the molecule is O=Cc1ccn2nc(C3CCOCC3)nc2c1. The second-order valence-corrected chi connectivity index (χ2v) is 4.24. The number of carbonyl (C=O) groups excluding carboxylic acids is 1. The van der Waals surface area contributed by atoms with E-state index < -0.39 is 0 Å². The minimum Gasteiger partial charge on any atom is -0.381 e. The molecule has 1 fully saturated rings. The largest absolute Gasteiger partial charge is 0.381 e. The Morgan fingerprint density at radius 2 is 2.24 bits per heavy atom. The summed E-state index contributed by atoms with van der Waals surface area (Å²) in [6.07, 6.45) is 4.53. The van der Waals surface area contributed by atoms with E-state index in [9.17, 15) is 4.79 Å². The zero-order valence-corrected chi connectivity index (χ0v) is 9.37. The van der Waals surface area contributed by atoms with Crippen molar-refractivity contribution in [1.82, 2.24) is 14.6 Å². The van der Waals surface area contributed by atoms with Crippen LogP contribution in [0.15, 0.2) is 18.3 Å². The minimum atomic E-state index is 0.378. The van der Waals surface area contributed by atoms with Crippen molar-refractivity contribution in [1.29, 1.82) is 0 Å². The molecule has 5 heteroatoms. The molecule has 5 nitrogen and oxygen atoms in total. The molecule has 17 heavy (non-hydrogen) atoms. The van der Waals surface area contributed by atoms with Gasteiger partial charge in [-0.25, -0.2) is 9.50 Å². The maximum atomic E-state index is 10.7. The van der Waals surface area contributed by atoms with Crippen molar-refractivity contribution in [3.63, 3.8) is 0 Å². The number of aldehydes is 1. The molecule has 0 aromatic carbocycles. The topological polar surface area (TPSA) is 56.5 Å². The Bertz CT molecular complexity index is 544. The third-order valence-corrected chi connectivity index (χ3v) is 3.10. The number of carbonyl (C=O) groups is 1. The first-order chi connectivity index (χ1) is 8.36. The van der Waals surface area contributed by atoms with Gasteiger partial charge in [0.05, 0.1) is 0 Å². The molecule has 0 amide bonds. The van der Waals surface area contributed by atoms with Crippen LogP contribution in [0.2, 0.25) is 0 Å². The quantitative estimate of drug-likeness (QED) is 0.734. The molecular formula is C12H13N3O2. The highest BCUT2D eigenvalue weighted by Gasteiger charge is 2.20. The molecule has 0 atom stereocenters. The van der Waals surface area contributed by atoms with Crippen LogP contribution in [0.3, 0.4) is 0 Å². The first kappa shape index (κ1) is 10.4. The van der Waals surface area contributed by atoms with Gasteiger partial charge in [-0.15, -0.1) is 0 Å². The summed E-state index contributed by atoms with van der Waals surface area (Å²) in [4.78, 5) is 15.2. The molecule has 2 aromatic heterocycles. The van der Waals surface area contributed by atoms with Gasteiger partial charge >= 0.3 is 0 Å². The standard InChI is InChI=1S/C12H13N3O2/c16-8-9-1-4-15-11(7-9)13-12(14-15)10-2-5-17-6-3-10/h1,4,7-8,10H,2-3,5-6H2. The van der Waals surface area contributed by atoms with E-state index in [2.05, 4.69) is 10.1 Å². The maximum absolute atomic E-state index is 10.7. The Morgan fingerprint density at radius 1 is 1.41 bits per heavy atom. The minimum absolute atomic E-state index is 0.378. The van der Waals surface area contributed by atoms with Gasteiger partial charge in [-0.05, 0) is 25.0 Å². The van der Waals surface area contributed by atoms with Crippen LogP contribution in [0.5, 0.6) is 0 Å². The molecule has 0 aliphatic carbocycles. The lowest BCUT2D eigenvalue weighted by Crippen LogP contribution is -2.15. The molecular weight excluding hydrogens is 218 g/mol. The molecule has 0 bridgehead atoms. The fourth-order valence-electron chi connectivity index (χ4n) is 2.12. The van der Waals surface area contributed by atoms with Crippen molar-refractivity contribution in [2.45, 2.75) is 18.8 Å². The average molecular weight is 231 g/mol. The van der Waals surface area contributed by atoms with E-state index in [0.717, 1.165) is 43.8 Å². The summed E-state index contributed by atoms with van der Waals surface area (Å²) in [6, 6.07) is 3.49. The van der Waals surface area contributed by atoms with Gasteiger partial charge in [0.15, 0.2) is 11.5 Å². The summed E-state index contributed by atoms with van der Waals surface area (Å²) in [5.74, 6) is 1.24. The predicted molar refractivity (Wildman–Crippen MR) is 61.2 cm³/mol. The predicted octanol–water partition coefficient (Wildman–Crippen LogP) is 1.44. The Hall–Kier alpha value is -1.75. The molecule has 1 aliphatic heterocycles. The number of nitrogens with zero attached hydrogens (tertiary/aromatic N) is 3. The Morgan fingerprint density at radius 3 is 3.00 bits per heavy atom. The van der Waals surface area contributed by atoms with Gasteiger partial charge in [0, 0.05) is 30.9 Å². The van der Waals surface area contributed by atoms with Gasteiger partial charge in [0.1, 0.15) is 6.29 Å². The van der Waals surface area contributed by atoms with Gasteiger partial charge in [-0.3, -0.25) is 4.79 Å². The molecule has 1 aliphatic rings. The number of aromatic nitrogens is 3. The monoisotopic (exact) mass is 231 g/mol. The number of hydrogen-bond acceptors (Lipinski definition) is 4. The van der Waals surface area contributed by atoms with Gasteiger partial charge in [-0.1, -0.05) is 0 Å². The van der Waals surface area contributed by atoms with Crippen LogP contribution in [-0.2, 0) is 4.74 Å². The zero-order chi connectivity index (χ0) is 11.7. The molecule has 0 saturated carbocycles. The summed E-state index contributed by atoms with van der Waals surface area (Å²) in [7, 11) is 0. The van der Waals surface area contributed by atoms with Crippen LogP contribution in [0, 0.1) is 0 Å². The molecule has 0 unspecified atom stereocenters. The summed E-state index contributed by atoms with van der Waals surface area (Å²) in [5, 5.41) is 4.45. The third kappa shape index (κ3) is 1.93. The smallest absolute Gasteiger partial charge is 0.156 e. The zero-order valence-electron chi connectivity index (χ0n) is 9.37. The van der Waals surface area contributed by atoms with Crippen molar-refractivity contribution < 1.29 is 9.53 Å². The second kappa shape index (κ2) is 4.25. The molecule has 3 rings (SSSR count). The highest BCUT2D eigenvalue weighted by Crippen LogP contribution is 2.24. The van der Waals surface area contributed by atoms with Crippen LogP contribution < -0.4 is 0 Å². The molecule has 0 spiro atoms. The van der Waals surface area contributed by atoms with Gasteiger partial charge in [0.2, 0.25) is 0 Å². The lowest BCUT2D eigenvalue weighted by Gasteiger charge is -2.18. The van der Waals surface area contributed by atoms with Gasteiger partial charge in [-0.2, -0.15) is 5.10 Å². The molecule has 0 N–H and O–H groups in total. The number of fused-ring (bicyclic) bond motifs is 1. The Balaban J connectivity index is 1.97. The van der Waals surface area contributed by atoms with Crippen LogP contribution >= 0.6 is 0 Å². The van der Waals surface area contributed by atoms with Crippen LogP contribution in [-0.4, -0.2) is 34.1 Å². The summed E-state index contributed by atoms with van der Waals surface area (Å²) in [6.45, 7) is 1.56. The van der Waals surface area contributed by atoms with E-state index in [1.54, 1.807) is 22.8 Å². The van der Waals surface area contributed by atoms with Crippen LogP contribution in [0.4, 0.5) is 0 Å². The number of rotatable bonds is 2. The normalized spacial score (nSPS) is 17.4. The maximum Gasteiger partial charge on any atom is 0.156 e. The fraction of sp³-hybridized carbons (Fsp3) is 0.417. The molecule has 88 valence electrons. The van der Waals surface area contributed by atoms with Crippen molar-refractivity contribution in [2.75, 3.05) is 13.2 Å². The summed E-state index contributed by atoms with van der Waals surface area (Å²) >= 11 is 0.